The molecule has 0 bridgehead atoms. The number of hydrogen-bond acceptors (Lipinski definition) is 6. The minimum absolute atomic E-state index is 0.118. The summed E-state index contributed by atoms with van der Waals surface area (Å²) < 4.78 is 164. The molecule has 8 nitrogen and oxygen atoms in total. The van der Waals surface area contributed by atoms with Crippen molar-refractivity contribution < 1.29 is 72.2 Å². The Bertz CT molecular complexity index is 2440. The van der Waals surface area contributed by atoms with Crippen LogP contribution in [0.15, 0.2) is 72.8 Å². The molecule has 1 fully saturated rings. The Hall–Kier alpha value is -5.76. The minimum atomic E-state index is -5.16. The van der Waals surface area contributed by atoms with E-state index in [2.05, 4.69) is 10.6 Å². The molecular formula is C40H30F11N3O5S. The van der Waals surface area contributed by atoms with Gasteiger partial charge in [-0.3, -0.25) is 14.4 Å². The van der Waals surface area contributed by atoms with E-state index in [9.17, 15) is 58.3 Å². The topological polar surface area (TPSA) is 106 Å². The maximum atomic E-state index is 15.4. The number of ether oxygens (including phenoxy) is 2. The van der Waals surface area contributed by atoms with Crippen LogP contribution in [0.3, 0.4) is 0 Å². The fourth-order valence-electron chi connectivity index (χ4n) is 6.53. The number of fused-ring (bicyclic) bond motifs is 1. The van der Waals surface area contributed by atoms with Crippen LogP contribution in [0.4, 0.5) is 59.7 Å². The zero-order valence-corrected chi connectivity index (χ0v) is 31.5. The molecule has 3 amide bonds. The second-order valence-electron chi connectivity index (χ2n) is 13.6. The third kappa shape index (κ3) is 9.81. The second kappa shape index (κ2) is 17.1. The summed E-state index contributed by atoms with van der Waals surface area (Å²) in [6.45, 7) is 0.721. The number of methoxy groups -OCH3 is 1. The smallest absolute Gasteiger partial charge is 0.419 e. The molecule has 5 aromatic rings. The summed E-state index contributed by atoms with van der Waals surface area (Å²) in [4.78, 5) is 39.8. The first kappa shape index (κ1) is 43.8. The number of benzene rings is 4. The average molecular weight is 874 g/mol. The number of thiophene rings is 1. The van der Waals surface area contributed by atoms with Crippen LogP contribution in [-0.2, 0) is 21.9 Å². The van der Waals surface area contributed by atoms with E-state index in [1.54, 1.807) is 0 Å². The van der Waals surface area contributed by atoms with Gasteiger partial charge in [-0.15, -0.1) is 11.3 Å². The molecule has 0 aliphatic carbocycles. The van der Waals surface area contributed by atoms with Gasteiger partial charge in [0.25, 0.3) is 11.8 Å². The number of carbonyl (C=O) groups is 3. The summed E-state index contributed by atoms with van der Waals surface area (Å²) in [5, 5.41) is 6.40. The highest BCUT2D eigenvalue weighted by atomic mass is 32.1. The molecule has 1 aliphatic heterocycles. The van der Waals surface area contributed by atoms with Crippen LogP contribution in [0.2, 0.25) is 0 Å². The van der Waals surface area contributed by atoms with E-state index in [-0.39, 0.29) is 33.7 Å². The number of amides is 3. The lowest BCUT2D eigenvalue weighted by atomic mass is 9.95. The summed E-state index contributed by atoms with van der Waals surface area (Å²) >= 11 is 0.432. The number of anilines is 2. The summed E-state index contributed by atoms with van der Waals surface area (Å²) in [5.74, 6) is -6.26. The van der Waals surface area contributed by atoms with Gasteiger partial charge in [0, 0.05) is 41.0 Å². The van der Waals surface area contributed by atoms with Crippen molar-refractivity contribution in [3.8, 4) is 16.9 Å². The van der Waals surface area contributed by atoms with Crippen LogP contribution >= 0.6 is 11.3 Å². The molecule has 20 heteroatoms. The third-order valence-electron chi connectivity index (χ3n) is 9.52. The van der Waals surface area contributed by atoms with E-state index in [4.69, 9.17) is 9.47 Å². The van der Waals surface area contributed by atoms with Crippen molar-refractivity contribution in [3.63, 3.8) is 0 Å². The molecule has 3 N–H and O–H groups in total. The maximum absolute atomic E-state index is 15.4. The second-order valence-corrected chi connectivity index (χ2v) is 14.6. The number of alkyl halides is 9. The Labute approximate surface area is 336 Å². The van der Waals surface area contributed by atoms with Gasteiger partial charge in [0.2, 0.25) is 5.91 Å². The van der Waals surface area contributed by atoms with Gasteiger partial charge >= 0.3 is 18.5 Å². The largest absolute Gasteiger partial charge is 0.496 e. The van der Waals surface area contributed by atoms with Crippen LogP contribution in [0.1, 0.15) is 62.0 Å². The molecule has 1 saturated heterocycles. The predicted octanol–water partition coefficient (Wildman–Crippen LogP) is 10.9. The van der Waals surface area contributed by atoms with Gasteiger partial charge < -0.3 is 25.4 Å². The van der Waals surface area contributed by atoms with Gasteiger partial charge in [0.15, 0.2) is 6.04 Å². The molecule has 318 valence electrons. The van der Waals surface area contributed by atoms with Crippen molar-refractivity contribution in [2.24, 2.45) is 5.92 Å². The van der Waals surface area contributed by atoms with Gasteiger partial charge in [-0.05, 0) is 84.5 Å². The van der Waals surface area contributed by atoms with E-state index in [0.29, 0.717) is 61.7 Å². The van der Waals surface area contributed by atoms with E-state index in [0.717, 1.165) is 43.5 Å². The Morgan fingerprint density at radius 2 is 1.50 bits per heavy atom. The van der Waals surface area contributed by atoms with Crippen molar-refractivity contribution in [2.75, 3.05) is 31.0 Å². The number of carbonyl (C=O) groups excluding carboxylic acids is 3. The average Bonchev–Trinajstić information content (AvgIpc) is 3.54. The van der Waals surface area contributed by atoms with Gasteiger partial charge in [0.05, 0.1) is 29.5 Å². The molecule has 4 aromatic carbocycles. The molecule has 0 radical (unpaired) electrons. The highest BCUT2D eigenvalue weighted by Gasteiger charge is 2.42. The van der Waals surface area contributed by atoms with Crippen LogP contribution < -0.4 is 20.7 Å². The van der Waals surface area contributed by atoms with Crippen molar-refractivity contribution in [1.82, 2.24) is 5.32 Å². The summed E-state index contributed by atoms with van der Waals surface area (Å²) in [6.07, 6.45) is -14.3. The molecule has 1 unspecified atom stereocenters. The molecule has 0 saturated carbocycles. The van der Waals surface area contributed by atoms with Crippen LogP contribution in [0.25, 0.3) is 21.2 Å². The predicted molar refractivity (Wildman–Crippen MR) is 198 cm³/mol. The van der Waals surface area contributed by atoms with E-state index >= 15 is 4.39 Å². The van der Waals surface area contributed by atoms with E-state index in [1.807, 2.05) is 5.32 Å². The van der Waals surface area contributed by atoms with Crippen molar-refractivity contribution in [3.05, 3.63) is 112 Å². The van der Waals surface area contributed by atoms with Crippen molar-refractivity contribution in [2.45, 2.75) is 43.8 Å². The fraction of sp³-hybridized carbons (Fsp3) is 0.275. The van der Waals surface area contributed by atoms with Crippen molar-refractivity contribution in [1.29, 1.82) is 0 Å². The number of halogens is 11. The third-order valence-corrected chi connectivity index (χ3v) is 10.7. The first-order chi connectivity index (χ1) is 28.1. The summed E-state index contributed by atoms with van der Waals surface area (Å²) in [5.41, 5.74) is -5.35. The Balaban J connectivity index is 1.35. The molecule has 60 heavy (non-hydrogen) atoms. The van der Waals surface area contributed by atoms with Crippen LogP contribution in [0.5, 0.6) is 5.75 Å². The number of rotatable bonds is 10. The normalized spacial score (nSPS) is 14.5. The lowest BCUT2D eigenvalue weighted by molar-refractivity contribution is -0.163. The van der Waals surface area contributed by atoms with E-state index < -0.39 is 98.0 Å². The minimum Gasteiger partial charge on any atom is -0.496 e. The molecule has 1 aliphatic rings. The molecule has 0 spiro atoms. The Morgan fingerprint density at radius 1 is 0.800 bits per heavy atom. The SMILES string of the molecule is COc1ccc(-c2cc(C(NC(=O)CC3CCOCC3)C(F)(F)F)ccc2F)cc1C(=O)Nc1c(C(=O)Nc2ccc(F)c(C(F)(F)F)c2)sc2cc(C(F)(F)F)ccc12. The summed E-state index contributed by atoms with van der Waals surface area (Å²) in [7, 11) is 1.14. The quantitative estimate of drug-likeness (QED) is 0.121. The molecule has 2 heterocycles. The number of hydrogen-bond donors (Lipinski definition) is 3. The van der Waals surface area contributed by atoms with E-state index in [1.165, 1.54) is 12.1 Å². The fourth-order valence-corrected chi connectivity index (χ4v) is 7.62. The Kier molecular flexibility index (Phi) is 12.5. The van der Waals surface area contributed by atoms with Gasteiger partial charge in [-0.25, -0.2) is 8.78 Å². The first-order valence-electron chi connectivity index (χ1n) is 17.7. The van der Waals surface area contributed by atoms with Crippen molar-refractivity contribution >= 4 is 50.5 Å². The van der Waals surface area contributed by atoms with Gasteiger partial charge in [-0.1, -0.05) is 18.2 Å². The standard InChI is InChI=1S/C40H30F11N3O5S/c1-58-30-9-3-20(25-16-21(2-7-28(25)41)35(40(49,50)51)53-32(55)14-19-10-12-59-13-11-19)15-26(30)36(56)54-33-24-6-4-22(38(43,44)45)17-31(24)60-34(33)37(57)52-23-5-8-29(42)27(18-23)39(46,47)48/h2-9,15-19,35H,10-14H2,1H3,(H,52,57)(H,53,55)(H,54,56). The Morgan fingerprint density at radius 3 is 2.15 bits per heavy atom. The molecule has 1 atom stereocenters. The molecular weight excluding hydrogens is 844 g/mol. The monoisotopic (exact) mass is 873 g/mol. The van der Waals surface area contributed by atoms with Gasteiger partial charge in [0.1, 0.15) is 22.3 Å². The lowest BCUT2D eigenvalue weighted by Gasteiger charge is -2.25. The van der Waals surface area contributed by atoms with Gasteiger partial charge in [-0.2, -0.15) is 39.5 Å². The highest BCUT2D eigenvalue weighted by Crippen LogP contribution is 2.42. The highest BCUT2D eigenvalue weighted by molar-refractivity contribution is 7.21. The lowest BCUT2D eigenvalue weighted by Crippen LogP contribution is -2.39. The zero-order valence-electron chi connectivity index (χ0n) is 30.7. The maximum Gasteiger partial charge on any atom is 0.419 e. The number of nitrogens with one attached hydrogen (secondary N) is 3. The zero-order chi connectivity index (χ0) is 43.7. The van der Waals surface area contributed by atoms with Crippen LogP contribution in [-0.4, -0.2) is 44.2 Å². The first-order valence-corrected chi connectivity index (χ1v) is 18.5. The summed E-state index contributed by atoms with van der Waals surface area (Å²) in [6, 6.07) is 7.12. The molecule has 1 aromatic heterocycles. The van der Waals surface area contributed by atoms with Crippen LogP contribution in [0, 0.1) is 17.6 Å². The molecule has 6 rings (SSSR count).